The van der Waals surface area contributed by atoms with E-state index in [0.29, 0.717) is 12.6 Å². The van der Waals surface area contributed by atoms with Gasteiger partial charge in [-0.1, -0.05) is 6.07 Å². The van der Waals surface area contributed by atoms with E-state index in [1.807, 2.05) is 0 Å². The van der Waals surface area contributed by atoms with E-state index in [9.17, 15) is 4.79 Å². The summed E-state index contributed by atoms with van der Waals surface area (Å²) in [6.07, 6.45) is 6.26. The van der Waals surface area contributed by atoms with Gasteiger partial charge in [-0.3, -0.25) is 0 Å². The Bertz CT molecular complexity index is 688. The maximum Gasteiger partial charge on any atom is 0.407 e. The van der Waals surface area contributed by atoms with Crippen LogP contribution in [0.2, 0.25) is 0 Å². The van der Waals surface area contributed by atoms with Crippen LogP contribution >= 0.6 is 0 Å². The predicted octanol–water partition coefficient (Wildman–Crippen LogP) is 2.11. The average molecular weight is 299 g/mol. The second-order valence-electron chi connectivity index (χ2n) is 6.34. The van der Waals surface area contributed by atoms with Gasteiger partial charge in [-0.15, -0.1) is 0 Å². The Hall–Kier alpha value is -2.01. The Morgan fingerprint density at radius 1 is 1.23 bits per heavy atom. The maximum absolute atomic E-state index is 11.1. The minimum atomic E-state index is -0.305. The fourth-order valence-electron chi connectivity index (χ4n) is 3.54. The molecule has 116 valence electrons. The number of cyclic esters (lactones) is 1. The number of alkyl carbamates (subject to hydrolysis) is 1. The van der Waals surface area contributed by atoms with Gasteiger partial charge in [0.1, 0.15) is 6.61 Å². The molecule has 4 rings (SSSR count). The van der Waals surface area contributed by atoms with E-state index in [4.69, 9.17) is 4.74 Å². The molecule has 0 aliphatic carbocycles. The van der Waals surface area contributed by atoms with Gasteiger partial charge in [-0.25, -0.2) is 4.79 Å². The number of carbonyl (C=O) groups is 1. The monoisotopic (exact) mass is 299 g/mol. The normalized spacial score (nSPS) is 24.6. The third-order valence-electron chi connectivity index (χ3n) is 4.68. The third-order valence-corrected chi connectivity index (χ3v) is 4.68. The Labute approximate surface area is 129 Å². The van der Waals surface area contributed by atoms with Crippen LogP contribution in [0, 0.1) is 0 Å². The summed E-state index contributed by atoms with van der Waals surface area (Å²) in [6.45, 7) is 1.60. The highest BCUT2D eigenvalue weighted by molar-refractivity contribution is 5.84. The Balaban J connectivity index is 1.54. The van der Waals surface area contributed by atoms with Crippen molar-refractivity contribution in [2.24, 2.45) is 0 Å². The van der Waals surface area contributed by atoms with Crippen LogP contribution in [-0.2, 0) is 17.6 Å². The molecule has 5 heteroatoms. The zero-order valence-corrected chi connectivity index (χ0v) is 12.5. The minimum absolute atomic E-state index is 0.0869. The van der Waals surface area contributed by atoms with Gasteiger partial charge < -0.3 is 20.4 Å². The first-order chi connectivity index (χ1) is 10.8. The summed E-state index contributed by atoms with van der Waals surface area (Å²) in [4.78, 5) is 14.5. The molecule has 2 unspecified atom stereocenters. The molecule has 0 bridgehead atoms. The highest BCUT2D eigenvalue weighted by Crippen LogP contribution is 2.23. The number of fused-ring (bicyclic) bond motifs is 1. The van der Waals surface area contributed by atoms with Crippen LogP contribution in [0.4, 0.5) is 4.79 Å². The van der Waals surface area contributed by atoms with Crippen molar-refractivity contribution in [2.45, 2.75) is 37.8 Å². The third kappa shape index (κ3) is 2.68. The number of hydrogen-bond donors (Lipinski definition) is 3. The van der Waals surface area contributed by atoms with Crippen molar-refractivity contribution in [1.29, 1.82) is 0 Å². The van der Waals surface area contributed by atoms with Gasteiger partial charge in [0, 0.05) is 23.1 Å². The SMILES string of the molecule is O=C1NC(Cc2ccc3[nH]cc(CC4CCCN4)c3c2)CO1. The highest BCUT2D eigenvalue weighted by atomic mass is 16.6. The lowest BCUT2D eigenvalue weighted by Crippen LogP contribution is -2.28. The number of aromatic amines is 1. The molecule has 0 radical (unpaired) electrons. The summed E-state index contributed by atoms with van der Waals surface area (Å²) in [5.74, 6) is 0. The first kappa shape index (κ1) is 13.6. The lowest BCUT2D eigenvalue weighted by atomic mass is 10.00. The van der Waals surface area contributed by atoms with Crippen LogP contribution in [0.15, 0.2) is 24.4 Å². The fourth-order valence-corrected chi connectivity index (χ4v) is 3.54. The number of aromatic nitrogens is 1. The van der Waals surface area contributed by atoms with Crippen LogP contribution < -0.4 is 10.6 Å². The smallest absolute Gasteiger partial charge is 0.407 e. The van der Waals surface area contributed by atoms with Gasteiger partial charge in [0.25, 0.3) is 0 Å². The zero-order chi connectivity index (χ0) is 14.9. The van der Waals surface area contributed by atoms with E-state index in [1.165, 1.54) is 34.9 Å². The molecule has 2 fully saturated rings. The maximum atomic E-state index is 11.1. The number of rotatable bonds is 4. The highest BCUT2D eigenvalue weighted by Gasteiger charge is 2.22. The molecule has 2 atom stereocenters. The number of benzene rings is 1. The van der Waals surface area contributed by atoms with Crippen LogP contribution in [0.25, 0.3) is 10.9 Å². The summed E-state index contributed by atoms with van der Waals surface area (Å²) in [5.41, 5.74) is 3.80. The van der Waals surface area contributed by atoms with E-state index < -0.39 is 0 Å². The zero-order valence-electron chi connectivity index (χ0n) is 12.5. The van der Waals surface area contributed by atoms with E-state index in [1.54, 1.807) is 0 Å². The summed E-state index contributed by atoms with van der Waals surface area (Å²) in [5, 5.41) is 7.70. The molecule has 1 aromatic carbocycles. The van der Waals surface area contributed by atoms with E-state index in [0.717, 1.165) is 19.4 Å². The number of amides is 1. The molecular formula is C17H21N3O2. The number of hydrogen-bond acceptors (Lipinski definition) is 3. The summed E-state index contributed by atoms with van der Waals surface area (Å²) in [6, 6.07) is 7.20. The van der Waals surface area contributed by atoms with Gasteiger partial charge in [0.15, 0.2) is 0 Å². The van der Waals surface area contributed by atoms with Crippen LogP contribution in [-0.4, -0.2) is 36.3 Å². The van der Waals surface area contributed by atoms with Crippen LogP contribution in [0.1, 0.15) is 24.0 Å². The molecule has 5 nitrogen and oxygen atoms in total. The molecular weight excluding hydrogens is 278 g/mol. The Morgan fingerprint density at radius 3 is 2.95 bits per heavy atom. The molecule has 1 amide bonds. The molecule has 0 spiro atoms. The van der Waals surface area contributed by atoms with Gasteiger partial charge in [0.2, 0.25) is 0 Å². The molecule has 22 heavy (non-hydrogen) atoms. The first-order valence-electron chi connectivity index (χ1n) is 8.03. The Morgan fingerprint density at radius 2 is 2.18 bits per heavy atom. The van der Waals surface area contributed by atoms with Gasteiger partial charge in [-0.05, 0) is 55.5 Å². The topological polar surface area (TPSA) is 66.2 Å². The average Bonchev–Trinajstić information content (AvgIpc) is 3.23. The van der Waals surface area contributed by atoms with Crippen molar-refractivity contribution in [3.63, 3.8) is 0 Å². The molecule has 2 saturated heterocycles. The quantitative estimate of drug-likeness (QED) is 0.810. The molecule has 1 aromatic heterocycles. The molecule has 2 aliphatic heterocycles. The van der Waals surface area contributed by atoms with Gasteiger partial charge >= 0.3 is 6.09 Å². The van der Waals surface area contributed by atoms with Crippen LogP contribution in [0.5, 0.6) is 0 Å². The number of carbonyl (C=O) groups excluding carboxylic acids is 1. The minimum Gasteiger partial charge on any atom is -0.447 e. The van der Waals surface area contributed by atoms with E-state index >= 15 is 0 Å². The van der Waals surface area contributed by atoms with E-state index in [-0.39, 0.29) is 12.1 Å². The summed E-state index contributed by atoms with van der Waals surface area (Å²) >= 11 is 0. The van der Waals surface area contributed by atoms with Crippen molar-refractivity contribution >= 4 is 17.0 Å². The number of nitrogens with one attached hydrogen (secondary N) is 3. The summed E-state index contributed by atoms with van der Waals surface area (Å²) < 4.78 is 4.96. The van der Waals surface area contributed by atoms with Crippen molar-refractivity contribution in [1.82, 2.24) is 15.6 Å². The van der Waals surface area contributed by atoms with Crippen molar-refractivity contribution < 1.29 is 9.53 Å². The summed E-state index contributed by atoms with van der Waals surface area (Å²) in [7, 11) is 0. The van der Waals surface area contributed by atoms with Gasteiger partial charge in [-0.2, -0.15) is 0 Å². The Kier molecular flexibility index (Phi) is 3.50. The largest absolute Gasteiger partial charge is 0.447 e. The van der Waals surface area contributed by atoms with Crippen molar-refractivity contribution in [3.8, 4) is 0 Å². The molecule has 3 N–H and O–H groups in total. The predicted molar refractivity (Wildman–Crippen MR) is 85.0 cm³/mol. The second-order valence-corrected chi connectivity index (χ2v) is 6.34. The van der Waals surface area contributed by atoms with Crippen LogP contribution in [0.3, 0.4) is 0 Å². The fraction of sp³-hybridized carbons (Fsp3) is 0.471. The van der Waals surface area contributed by atoms with Crippen molar-refractivity contribution in [2.75, 3.05) is 13.2 Å². The van der Waals surface area contributed by atoms with E-state index in [2.05, 4.69) is 40.0 Å². The lowest BCUT2D eigenvalue weighted by molar-refractivity contribution is 0.177. The van der Waals surface area contributed by atoms with Crippen molar-refractivity contribution in [3.05, 3.63) is 35.5 Å². The van der Waals surface area contributed by atoms with Gasteiger partial charge in [0.05, 0.1) is 6.04 Å². The number of ether oxygens (including phenoxy) is 1. The second kappa shape index (κ2) is 5.65. The molecule has 2 aromatic rings. The molecule has 2 aliphatic rings. The molecule has 0 saturated carbocycles. The lowest BCUT2D eigenvalue weighted by Gasteiger charge is -2.10. The first-order valence-corrected chi connectivity index (χ1v) is 8.03. The standard InChI is InChI=1S/C17H21N3O2/c21-17-20-14(10-22-17)6-11-3-4-16-15(7-11)12(9-19-16)8-13-2-1-5-18-13/h3-4,7,9,13-14,18-19H,1-2,5-6,8,10H2,(H,20,21). The number of H-pyrrole nitrogens is 1. The molecule has 3 heterocycles.